The van der Waals surface area contributed by atoms with Crippen molar-refractivity contribution in [3.8, 4) is 0 Å². The molecule has 1 amide bonds. The van der Waals surface area contributed by atoms with Crippen LogP contribution in [0.15, 0.2) is 18.2 Å². The van der Waals surface area contributed by atoms with Crippen molar-refractivity contribution in [1.29, 1.82) is 0 Å². The third-order valence-electron chi connectivity index (χ3n) is 3.14. The van der Waals surface area contributed by atoms with Gasteiger partial charge in [-0.1, -0.05) is 6.07 Å². The maximum Gasteiger partial charge on any atom is 0.292 e. The molecule has 20 heavy (non-hydrogen) atoms. The molecule has 1 aliphatic rings. The molecule has 0 radical (unpaired) electrons. The Bertz CT molecular complexity index is 534. The molecule has 8 nitrogen and oxygen atoms in total. The number of nitro benzene ring substituents is 1. The van der Waals surface area contributed by atoms with Gasteiger partial charge in [0, 0.05) is 19.2 Å². The van der Waals surface area contributed by atoms with Crippen LogP contribution in [0.3, 0.4) is 0 Å². The monoisotopic (exact) mass is 281 g/mol. The number of carbonyl (C=O) groups excluding carboxylic acids is 1. The van der Waals surface area contributed by atoms with Crippen molar-refractivity contribution in [2.45, 2.75) is 6.10 Å². The van der Waals surface area contributed by atoms with E-state index in [1.54, 1.807) is 0 Å². The minimum absolute atomic E-state index is 0.0952. The van der Waals surface area contributed by atoms with Gasteiger partial charge in [-0.3, -0.25) is 14.9 Å². The van der Waals surface area contributed by atoms with E-state index in [-0.39, 0.29) is 30.1 Å². The molecule has 0 spiro atoms. The van der Waals surface area contributed by atoms with Gasteiger partial charge in [0.15, 0.2) is 0 Å². The lowest BCUT2D eigenvalue weighted by molar-refractivity contribution is -0.383. The molecule has 1 saturated heterocycles. The summed E-state index contributed by atoms with van der Waals surface area (Å²) in [4.78, 5) is 24.0. The summed E-state index contributed by atoms with van der Waals surface area (Å²) < 4.78 is 5.25. The second-order valence-electron chi connectivity index (χ2n) is 4.42. The van der Waals surface area contributed by atoms with Gasteiger partial charge in [-0.25, -0.2) is 0 Å². The maximum absolute atomic E-state index is 12.3. The van der Waals surface area contributed by atoms with Crippen LogP contribution in [0, 0.1) is 10.1 Å². The minimum atomic E-state index is -0.623. The van der Waals surface area contributed by atoms with Crippen LogP contribution in [0.25, 0.3) is 0 Å². The zero-order valence-corrected chi connectivity index (χ0v) is 10.7. The molecule has 108 valence electrons. The van der Waals surface area contributed by atoms with E-state index < -0.39 is 16.9 Å². The molecule has 2 rings (SSSR count). The molecule has 1 aromatic carbocycles. The normalized spacial score (nSPS) is 18.9. The van der Waals surface area contributed by atoms with Gasteiger partial charge in [-0.15, -0.1) is 0 Å². The van der Waals surface area contributed by atoms with Crippen LogP contribution in [-0.4, -0.2) is 53.2 Å². The van der Waals surface area contributed by atoms with Crippen molar-refractivity contribution in [1.82, 2.24) is 4.90 Å². The van der Waals surface area contributed by atoms with Gasteiger partial charge in [0.25, 0.3) is 11.6 Å². The highest BCUT2D eigenvalue weighted by Gasteiger charge is 2.27. The number of morpholine rings is 1. The summed E-state index contributed by atoms with van der Waals surface area (Å²) in [7, 11) is 0. The fourth-order valence-electron chi connectivity index (χ4n) is 2.08. The van der Waals surface area contributed by atoms with Crippen molar-refractivity contribution < 1.29 is 19.6 Å². The zero-order chi connectivity index (χ0) is 14.7. The van der Waals surface area contributed by atoms with Crippen LogP contribution in [0.1, 0.15) is 10.4 Å². The average Bonchev–Trinajstić information content (AvgIpc) is 2.46. The highest BCUT2D eigenvalue weighted by molar-refractivity contribution is 6.01. The Morgan fingerprint density at radius 1 is 1.60 bits per heavy atom. The third-order valence-corrected chi connectivity index (χ3v) is 3.14. The fraction of sp³-hybridized carbons (Fsp3) is 0.417. The first-order chi connectivity index (χ1) is 9.54. The molecule has 0 bridgehead atoms. The number of nitro groups is 1. The number of benzene rings is 1. The highest BCUT2D eigenvalue weighted by atomic mass is 16.6. The minimum Gasteiger partial charge on any atom is -0.394 e. The van der Waals surface area contributed by atoms with Crippen LogP contribution in [0.4, 0.5) is 11.4 Å². The first-order valence-corrected chi connectivity index (χ1v) is 6.09. The number of rotatable bonds is 3. The number of carbonyl (C=O) groups is 1. The van der Waals surface area contributed by atoms with Crippen LogP contribution in [0.2, 0.25) is 0 Å². The molecule has 3 N–H and O–H groups in total. The van der Waals surface area contributed by atoms with E-state index in [2.05, 4.69) is 0 Å². The number of amides is 1. The smallest absolute Gasteiger partial charge is 0.292 e. The number of aliphatic hydroxyl groups excluding tert-OH is 1. The summed E-state index contributed by atoms with van der Waals surface area (Å²) in [6, 6.07) is 4.13. The molecule has 0 saturated carbocycles. The average molecular weight is 281 g/mol. The molecular weight excluding hydrogens is 266 g/mol. The number of anilines is 1. The van der Waals surface area contributed by atoms with E-state index in [9.17, 15) is 14.9 Å². The molecule has 8 heteroatoms. The second-order valence-corrected chi connectivity index (χ2v) is 4.42. The lowest BCUT2D eigenvalue weighted by Crippen LogP contribution is -2.47. The van der Waals surface area contributed by atoms with E-state index in [4.69, 9.17) is 15.6 Å². The third kappa shape index (κ3) is 2.70. The lowest BCUT2D eigenvalue weighted by atomic mass is 10.1. The van der Waals surface area contributed by atoms with Crippen LogP contribution < -0.4 is 5.73 Å². The predicted molar refractivity (Wildman–Crippen MR) is 70.2 cm³/mol. The zero-order valence-electron chi connectivity index (χ0n) is 10.7. The summed E-state index contributed by atoms with van der Waals surface area (Å²) >= 11 is 0. The standard InChI is InChI=1S/C12H15N3O5/c13-11-9(2-1-3-10(11)15(18)19)12(17)14-4-5-20-8(6-14)7-16/h1-3,8,16H,4-7,13H2. The summed E-state index contributed by atoms with van der Waals surface area (Å²) in [5.41, 5.74) is 5.35. The first-order valence-electron chi connectivity index (χ1n) is 6.09. The molecule has 1 unspecified atom stereocenters. The van der Waals surface area contributed by atoms with E-state index in [1.165, 1.54) is 23.1 Å². The van der Waals surface area contributed by atoms with Gasteiger partial charge < -0.3 is 20.5 Å². The number of nitrogens with two attached hydrogens (primary N) is 1. The van der Waals surface area contributed by atoms with Gasteiger partial charge in [0.05, 0.1) is 29.8 Å². The Labute approximate surface area is 114 Å². The largest absolute Gasteiger partial charge is 0.394 e. The Morgan fingerprint density at radius 3 is 3.00 bits per heavy atom. The van der Waals surface area contributed by atoms with Crippen molar-refractivity contribution >= 4 is 17.3 Å². The molecule has 1 atom stereocenters. The number of aliphatic hydroxyl groups is 1. The summed E-state index contributed by atoms with van der Waals surface area (Å²) in [5, 5.41) is 19.9. The van der Waals surface area contributed by atoms with Crippen molar-refractivity contribution in [2.75, 3.05) is 32.0 Å². The van der Waals surface area contributed by atoms with Crippen molar-refractivity contribution in [2.24, 2.45) is 0 Å². The number of hydrogen-bond acceptors (Lipinski definition) is 6. The van der Waals surface area contributed by atoms with Gasteiger partial charge >= 0.3 is 0 Å². The van der Waals surface area contributed by atoms with Gasteiger partial charge in [0.1, 0.15) is 5.69 Å². The predicted octanol–water partition coefficient (Wildman–Crippen LogP) is 0.0103. The van der Waals surface area contributed by atoms with Crippen LogP contribution in [-0.2, 0) is 4.74 Å². The maximum atomic E-state index is 12.3. The van der Waals surface area contributed by atoms with Crippen molar-refractivity contribution in [3.05, 3.63) is 33.9 Å². The Morgan fingerprint density at radius 2 is 2.35 bits per heavy atom. The summed E-state index contributed by atoms with van der Waals surface area (Å²) in [6.45, 7) is 0.717. The topological polar surface area (TPSA) is 119 Å². The van der Waals surface area contributed by atoms with E-state index in [0.29, 0.717) is 13.2 Å². The van der Waals surface area contributed by atoms with E-state index >= 15 is 0 Å². The fourth-order valence-corrected chi connectivity index (χ4v) is 2.08. The highest BCUT2D eigenvalue weighted by Crippen LogP contribution is 2.26. The molecule has 1 aromatic rings. The number of nitrogen functional groups attached to an aromatic ring is 1. The molecule has 0 aliphatic carbocycles. The number of nitrogens with zero attached hydrogens (tertiary/aromatic N) is 2. The number of ether oxygens (including phenoxy) is 1. The summed E-state index contributed by atoms with van der Waals surface area (Å²) in [5.74, 6) is -0.395. The SMILES string of the molecule is Nc1c(C(=O)N2CCOC(CO)C2)cccc1[N+](=O)[O-]. The Balaban J connectivity index is 2.25. The van der Waals surface area contributed by atoms with Crippen molar-refractivity contribution in [3.63, 3.8) is 0 Å². The molecule has 0 aromatic heterocycles. The molecular formula is C12H15N3O5. The van der Waals surface area contributed by atoms with Gasteiger partial charge in [-0.2, -0.15) is 0 Å². The van der Waals surface area contributed by atoms with E-state index in [0.717, 1.165) is 0 Å². The van der Waals surface area contributed by atoms with Crippen LogP contribution >= 0.6 is 0 Å². The van der Waals surface area contributed by atoms with Gasteiger partial charge in [-0.05, 0) is 6.07 Å². The quantitative estimate of drug-likeness (QED) is 0.457. The Kier molecular flexibility index (Phi) is 4.16. The van der Waals surface area contributed by atoms with E-state index in [1.807, 2.05) is 0 Å². The molecule has 1 fully saturated rings. The van der Waals surface area contributed by atoms with Crippen LogP contribution in [0.5, 0.6) is 0 Å². The summed E-state index contributed by atoms with van der Waals surface area (Å²) in [6.07, 6.45) is -0.437. The molecule has 1 heterocycles. The first kappa shape index (κ1) is 14.2. The Hall–Kier alpha value is -2.19. The number of para-hydroxylation sites is 1. The lowest BCUT2D eigenvalue weighted by Gasteiger charge is -2.32. The molecule has 1 aliphatic heterocycles. The number of hydrogen-bond donors (Lipinski definition) is 2. The van der Waals surface area contributed by atoms with Gasteiger partial charge in [0.2, 0.25) is 0 Å². The second kappa shape index (κ2) is 5.85.